The molecule has 0 atom stereocenters. The van der Waals surface area contributed by atoms with E-state index in [4.69, 9.17) is 5.26 Å². The maximum atomic E-state index is 8.56. The summed E-state index contributed by atoms with van der Waals surface area (Å²) in [5.41, 5.74) is 0. The van der Waals surface area contributed by atoms with Gasteiger partial charge in [-0.05, 0) is 29.4 Å². The number of thioether (sulfide) groups is 1. The highest BCUT2D eigenvalue weighted by Crippen LogP contribution is 2.28. The molecule has 0 amide bonds. The Labute approximate surface area is 79.8 Å². The van der Waals surface area contributed by atoms with Crippen molar-refractivity contribution in [2.24, 2.45) is 5.92 Å². The van der Waals surface area contributed by atoms with E-state index in [0.717, 1.165) is 18.6 Å². The third-order valence-corrected chi connectivity index (χ3v) is 2.98. The van der Waals surface area contributed by atoms with Crippen molar-refractivity contribution >= 4 is 11.8 Å². The molecule has 12 heavy (non-hydrogen) atoms. The van der Waals surface area contributed by atoms with Gasteiger partial charge in [0, 0.05) is 6.08 Å². The van der Waals surface area contributed by atoms with Crippen molar-refractivity contribution in [1.82, 2.24) is 0 Å². The Hall–Kier alpha value is -0.420. The van der Waals surface area contributed by atoms with Gasteiger partial charge in [-0.25, -0.2) is 0 Å². The van der Waals surface area contributed by atoms with Crippen molar-refractivity contribution in [3.8, 4) is 6.07 Å². The number of rotatable bonds is 5. The average molecular weight is 183 g/mol. The Balaban J connectivity index is 4.28. The van der Waals surface area contributed by atoms with Crippen LogP contribution in [0.3, 0.4) is 0 Å². The van der Waals surface area contributed by atoms with Gasteiger partial charge in [0.25, 0.3) is 0 Å². The Bertz CT molecular complexity index is 175. The third kappa shape index (κ3) is 3.82. The third-order valence-electron chi connectivity index (χ3n) is 1.91. The molecule has 0 rings (SSSR count). The van der Waals surface area contributed by atoms with E-state index in [2.05, 4.69) is 26.8 Å². The van der Waals surface area contributed by atoms with E-state index in [0.29, 0.717) is 5.92 Å². The van der Waals surface area contributed by atoms with Gasteiger partial charge >= 0.3 is 0 Å². The van der Waals surface area contributed by atoms with E-state index in [1.807, 2.05) is 0 Å². The summed E-state index contributed by atoms with van der Waals surface area (Å²) in [5, 5.41) is 8.56. The van der Waals surface area contributed by atoms with Crippen LogP contribution in [0.2, 0.25) is 0 Å². The predicted molar refractivity (Wildman–Crippen MR) is 55.9 cm³/mol. The molecule has 0 saturated heterocycles. The van der Waals surface area contributed by atoms with Gasteiger partial charge in [-0.15, -0.1) is 11.8 Å². The van der Waals surface area contributed by atoms with E-state index in [-0.39, 0.29) is 0 Å². The van der Waals surface area contributed by atoms with Crippen molar-refractivity contribution < 1.29 is 0 Å². The molecule has 0 heterocycles. The van der Waals surface area contributed by atoms with Gasteiger partial charge in [0.1, 0.15) is 0 Å². The van der Waals surface area contributed by atoms with E-state index >= 15 is 0 Å². The van der Waals surface area contributed by atoms with Crippen LogP contribution < -0.4 is 0 Å². The number of nitriles is 1. The van der Waals surface area contributed by atoms with Gasteiger partial charge in [-0.1, -0.05) is 20.8 Å². The fourth-order valence-corrected chi connectivity index (χ4v) is 2.24. The van der Waals surface area contributed by atoms with Crippen LogP contribution in [0.5, 0.6) is 0 Å². The molecule has 0 fully saturated rings. The fourth-order valence-electron chi connectivity index (χ4n) is 1.20. The molecule has 0 radical (unpaired) electrons. The summed E-state index contributed by atoms with van der Waals surface area (Å²) in [7, 11) is 0. The Morgan fingerprint density at radius 2 is 2.00 bits per heavy atom. The summed E-state index contributed by atoms with van der Waals surface area (Å²) >= 11 is 1.80. The molecular formula is C10H17NS. The molecule has 0 N–H and O–H groups in total. The molecule has 0 bridgehead atoms. The second kappa shape index (κ2) is 7.24. The first-order chi connectivity index (χ1) is 5.79. The van der Waals surface area contributed by atoms with E-state index in [1.165, 1.54) is 4.91 Å². The SMILES string of the molecule is CCSC(=CC#N)C(CC)CC. The monoisotopic (exact) mass is 183 g/mol. The van der Waals surface area contributed by atoms with E-state index < -0.39 is 0 Å². The Kier molecular flexibility index (Phi) is 6.99. The van der Waals surface area contributed by atoms with Crippen LogP contribution in [0, 0.1) is 17.2 Å². The maximum absolute atomic E-state index is 8.56. The van der Waals surface area contributed by atoms with Crippen LogP contribution in [0.1, 0.15) is 33.6 Å². The molecule has 0 spiro atoms. The smallest absolute Gasteiger partial charge is 0.0920 e. The molecule has 0 aliphatic heterocycles. The Morgan fingerprint density at radius 1 is 1.42 bits per heavy atom. The molecule has 68 valence electrons. The van der Waals surface area contributed by atoms with Crippen molar-refractivity contribution in [3.63, 3.8) is 0 Å². The number of hydrogen-bond acceptors (Lipinski definition) is 2. The van der Waals surface area contributed by atoms with Gasteiger partial charge in [0.2, 0.25) is 0 Å². The van der Waals surface area contributed by atoms with Crippen molar-refractivity contribution in [1.29, 1.82) is 5.26 Å². The molecule has 0 aliphatic rings. The van der Waals surface area contributed by atoms with Crippen LogP contribution in [0.15, 0.2) is 11.0 Å². The topological polar surface area (TPSA) is 23.8 Å². The molecule has 1 nitrogen and oxygen atoms in total. The van der Waals surface area contributed by atoms with Crippen LogP contribution >= 0.6 is 11.8 Å². The minimum atomic E-state index is 0.592. The van der Waals surface area contributed by atoms with Gasteiger partial charge < -0.3 is 0 Å². The molecule has 0 aromatic carbocycles. The first kappa shape index (κ1) is 11.6. The average Bonchev–Trinajstić information content (AvgIpc) is 2.07. The lowest BCUT2D eigenvalue weighted by molar-refractivity contribution is 0.597. The summed E-state index contributed by atoms with van der Waals surface area (Å²) in [6.07, 6.45) is 3.97. The number of nitrogens with zero attached hydrogens (tertiary/aromatic N) is 1. The lowest BCUT2D eigenvalue weighted by Gasteiger charge is -2.14. The largest absolute Gasteiger partial charge is 0.193 e. The summed E-state index contributed by atoms with van der Waals surface area (Å²) in [6, 6.07) is 2.12. The Morgan fingerprint density at radius 3 is 2.33 bits per heavy atom. The molecule has 0 aromatic heterocycles. The highest BCUT2D eigenvalue weighted by Gasteiger charge is 2.09. The lowest BCUT2D eigenvalue weighted by Crippen LogP contribution is -1.98. The molecule has 2 heteroatoms. The molecular weight excluding hydrogens is 166 g/mol. The maximum Gasteiger partial charge on any atom is 0.0920 e. The molecule has 0 aliphatic carbocycles. The van der Waals surface area contributed by atoms with Crippen LogP contribution in [-0.4, -0.2) is 5.75 Å². The summed E-state index contributed by atoms with van der Waals surface area (Å²) in [6.45, 7) is 6.48. The van der Waals surface area contributed by atoms with Crippen molar-refractivity contribution in [2.75, 3.05) is 5.75 Å². The highest BCUT2D eigenvalue weighted by molar-refractivity contribution is 8.03. The van der Waals surface area contributed by atoms with Gasteiger partial charge in [0.05, 0.1) is 6.07 Å². The van der Waals surface area contributed by atoms with E-state index in [9.17, 15) is 0 Å². The molecule has 0 saturated carbocycles. The predicted octanol–water partition coefficient (Wildman–Crippen LogP) is 3.58. The zero-order chi connectivity index (χ0) is 9.40. The van der Waals surface area contributed by atoms with Gasteiger partial charge in [-0.2, -0.15) is 5.26 Å². The zero-order valence-corrected chi connectivity index (χ0v) is 8.95. The molecule has 0 unspecified atom stereocenters. The highest BCUT2D eigenvalue weighted by atomic mass is 32.2. The van der Waals surface area contributed by atoms with Crippen LogP contribution in [-0.2, 0) is 0 Å². The number of allylic oxidation sites excluding steroid dienone is 2. The summed E-state index contributed by atoms with van der Waals surface area (Å²) < 4.78 is 0. The normalized spacial score (nSPS) is 11.8. The molecule has 0 aromatic rings. The van der Waals surface area contributed by atoms with Crippen LogP contribution in [0.25, 0.3) is 0 Å². The minimum absolute atomic E-state index is 0.592. The van der Waals surface area contributed by atoms with E-state index in [1.54, 1.807) is 17.8 Å². The van der Waals surface area contributed by atoms with Crippen LogP contribution in [0.4, 0.5) is 0 Å². The first-order valence-electron chi connectivity index (χ1n) is 4.52. The van der Waals surface area contributed by atoms with Crippen molar-refractivity contribution in [3.05, 3.63) is 11.0 Å². The summed E-state index contributed by atoms with van der Waals surface area (Å²) in [5.74, 6) is 1.65. The van der Waals surface area contributed by atoms with Crippen molar-refractivity contribution in [2.45, 2.75) is 33.6 Å². The quantitative estimate of drug-likeness (QED) is 0.608. The first-order valence-corrected chi connectivity index (χ1v) is 5.51. The lowest BCUT2D eigenvalue weighted by atomic mass is 10.0. The second-order valence-corrected chi connectivity index (χ2v) is 3.96. The standard InChI is InChI=1S/C10H17NS/c1-4-9(5-2)10(7-8-11)12-6-3/h7,9H,4-6H2,1-3H3. The van der Waals surface area contributed by atoms with Gasteiger partial charge in [-0.3, -0.25) is 0 Å². The van der Waals surface area contributed by atoms with Gasteiger partial charge in [0.15, 0.2) is 0 Å². The zero-order valence-electron chi connectivity index (χ0n) is 8.13. The fraction of sp³-hybridized carbons (Fsp3) is 0.700. The summed E-state index contributed by atoms with van der Waals surface area (Å²) in [4.78, 5) is 1.25. The minimum Gasteiger partial charge on any atom is -0.193 e. The number of hydrogen-bond donors (Lipinski definition) is 0. The second-order valence-electron chi connectivity index (χ2n) is 2.62.